The summed E-state index contributed by atoms with van der Waals surface area (Å²) in [5, 5.41) is 11.2. The molecule has 0 aliphatic carbocycles. The zero-order chi connectivity index (χ0) is 20.8. The lowest BCUT2D eigenvalue weighted by Gasteiger charge is -2.15. The minimum absolute atomic E-state index is 0.294. The van der Waals surface area contributed by atoms with Crippen LogP contribution in [-0.2, 0) is 11.2 Å². The van der Waals surface area contributed by atoms with Crippen LogP contribution in [0.1, 0.15) is 18.5 Å². The van der Waals surface area contributed by atoms with Crippen LogP contribution in [0.4, 0.5) is 0 Å². The second kappa shape index (κ2) is 9.05. The van der Waals surface area contributed by atoms with Crippen LogP contribution in [-0.4, -0.2) is 46.2 Å². The van der Waals surface area contributed by atoms with Crippen LogP contribution in [0.5, 0.6) is 11.5 Å². The van der Waals surface area contributed by atoms with Gasteiger partial charge in [-0.15, -0.1) is 5.10 Å². The topological polar surface area (TPSA) is 100 Å². The predicted octanol–water partition coefficient (Wildman–Crippen LogP) is 1.37. The summed E-state index contributed by atoms with van der Waals surface area (Å²) in [7, 11) is 3.16. The van der Waals surface area contributed by atoms with E-state index in [1.54, 1.807) is 45.7 Å². The Hall–Kier alpha value is -3.62. The Morgan fingerprint density at radius 2 is 1.97 bits per heavy atom. The summed E-state index contributed by atoms with van der Waals surface area (Å²) in [6, 6.07) is 9.53. The van der Waals surface area contributed by atoms with Gasteiger partial charge in [0, 0.05) is 25.0 Å². The van der Waals surface area contributed by atoms with Crippen LogP contribution >= 0.6 is 0 Å². The van der Waals surface area contributed by atoms with Crippen molar-refractivity contribution in [1.29, 1.82) is 0 Å². The molecule has 2 heterocycles. The first-order valence-electron chi connectivity index (χ1n) is 9.12. The number of methoxy groups -OCH3 is 2. The third kappa shape index (κ3) is 4.63. The van der Waals surface area contributed by atoms with Gasteiger partial charge >= 0.3 is 0 Å². The average molecular weight is 397 g/mol. The second-order valence-electron chi connectivity index (χ2n) is 6.33. The lowest BCUT2D eigenvalue weighted by Crippen LogP contribution is -2.38. The molecule has 0 radical (unpaired) electrons. The van der Waals surface area contributed by atoms with E-state index in [-0.39, 0.29) is 11.5 Å². The van der Waals surface area contributed by atoms with Crippen LogP contribution in [0.25, 0.3) is 5.82 Å². The molecule has 0 fully saturated rings. The number of carbonyl (C=O) groups excluding carboxylic acids is 1. The zero-order valence-corrected chi connectivity index (χ0v) is 16.5. The molecule has 1 amide bonds. The van der Waals surface area contributed by atoms with Gasteiger partial charge < -0.3 is 14.8 Å². The van der Waals surface area contributed by atoms with E-state index in [9.17, 15) is 9.59 Å². The number of benzene rings is 1. The molecule has 1 atom stereocenters. The van der Waals surface area contributed by atoms with E-state index in [1.165, 1.54) is 10.7 Å². The number of nitrogens with zero attached hydrogens (tertiary/aromatic N) is 4. The molecule has 1 aromatic carbocycles. The normalized spacial score (nSPS) is 11.7. The molecule has 152 valence electrons. The number of hydrogen-bond donors (Lipinski definition) is 1. The van der Waals surface area contributed by atoms with Crippen LogP contribution in [0, 0.1) is 0 Å². The first-order valence-corrected chi connectivity index (χ1v) is 9.12. The molecule has 9 heteroatoms. The first kappa shape index (κ1) is 20.1. The molecule has 3 aromatic rings. The third-order valence-electron chi connectivity index (χ3n) is 4.46. The summed E-state index contributed by atoms with van der Waals surface area (Å²) in [5.74, 6) is 1.45. The summed E-state index contributed by atoms with van der Waals surface area (Å²) >= 11 is 0. The number of rotatable bonds is 8. The molecule has 0 spiro atoms. The summed E-state index contributed by atoms with van der Waals surface area (Å²) in [5.41, 5.74) is 0.634. The minimum atomic E-state index is -0.761. The zero-order valence-electron chi connectivity index (χ0n) is 16.5. The summed E-state index contributed by atoms with van der Waals surface area (Å²) in [6.07, 6.45) is 3.93. The van der Waals surface area contributed by atoms with Gasteiger partial charge in [-0.05, 0) is 43.2 Å². The van der Waals surface area contributed by atoms with E-state index in [0.29, 0.717) is 30.3 Å². The Morgan fingerprint density at radius 3 is 2.66 bits per heavy atom. The Balaban J connectivity index is 1.64. The summed E-state index contributed by atoms with van der Waals surface area (Å²) < 4.78 is 13.2. The maximum atomic E-state index is 12.5. The van der Waals surface area contributed by atoms with E-state index in [4.69, 9.17) is 9.47 Å². The van der Waals surface area contributed by atoms with Crippen molar-refractivity contribution in [3.8, 4) is 17.3 Å². The molecule has 3 rings (SSSR count). The number of carbonyl (C=O) groups is 1. The Kier molecular flexibility index (Phi) is 6.28. The van der Waals surface area contributed by atoms with Crippen molar-refractivity contribution in [1.82, 2.24) is 24.9 Å². The highest BCUT2D eigenvalue weighted by atomic mass is 16.5. The van der Waals surface area contributed by atoms with Crippen molar-refractivity contribution < 1.29 is 14.3 Å². The molecular weight excluding hydrogens is 374 g/mol. The monoisotopic (exact) mass is 397 g/mol. The average Bonchev–Trinajstić information content (AvgIpc) is 3.28. The molecule has 0 aliphatic heterocycles. The number of ether oxygens (including phenoxy) is 2. The van der Waals surface area contributed by atoms with E-state index < -0.39 is 6.04 Å². The van der Waals surface area contributed by atoms with E-state index in [1.807, 2.05) is 18.2 Å². The van der Waals surface area contributed by atoms with Crippen molar-refractivity contribution in [2.24, 2.45) is 0 Å². The van der Waals surface area contributed by atoms with Gasteiger partial charge in [0.25, 0.3) is 5.56 Å². The number of nitrogens with one attached hydrogen (secondary N) is 1. The van der Waals surface area contributed by atoms with E-state index >= 15 is 0 Å². The van der Waals surface area contributed by atoms with Crippen LogP contribution < -0.4 is 20.3 Å². The lowest BCUT2D eigenvalue weighted by atomic mass is 10.1. The van der Waals surface area contributed by atoms with Crippen LogP contribution in [0.3, 0.4) is 0 Å². The van der Waals surface area contributed by atoms with E-state index in [0.717, 1.165) is 10.2 Å². The number of hydrogen-bond acceptors (Lipinski definition) is 6. The minimum Gasteiger partial charge on any atom is -0.493 e. The fourth-order valence-electron chi connectivity index (χ4n) is 2.84. The van der Waals surface area contributed by atoms with Crippen molar-refractivity contribution in [2.75, 3.05) is 20.8 Å². The van der Waals surface area contributed by atoms with Gasteiger partial charge in [0.1, 0.15) is 6.04 Å². The molecule has 0 aliphatic rings. The molecule has 1 N–H and O–H groups in total. The standard InChI is InChI=1S/C20H23N5O4/c1-14(25-19(26)8-7-18(23-25)24-12-4-10-22-24)20(27)21-11-9-15-5-6-16(28-2)17(13-15)29-3/h4-8,10,12-14H,9,11H2,1-3H3,(H,21,27)/t14-/m1/s1. The summed E-state index contributed by atoms with van der Waals surface area (Å²) in [6.45, 7) is 2.04. The largest absolute Gasteiger partial charge is 0.493 e. The van der Waals surface area contributed by atoms with Gasteiger partial charge in [0.2, 0.25) is 5.91 Å². The number of aromatic nitrogens is 4. The Labute approximate surface area is 167 Å². The fourth-order valence-corrected chi connectivity index (χ4v) is 2.84. The Bertz CT molecular complexity index is 1030. The molecule has 2 aromatic heterocycles. The predicted molar refractivity (Wildman–Crippen MR) is 107 cm³/mol. The molecule has 0 bridgehead atoms. The van der Waals surface area contributed by atoms with Gasteiger partial charge in [-0.2, -0.15) is 5.10 Å². The molecular formula is C20H23N5O4. The highest BCUT2D eigenvalue weighted by molar-refractivity contribution is 5.79. The van der Waals surface area contributed by atoms with Gasteiger partial charge in [0.05, 0.1) is 14.2 Å². The third-order valence-corrected chi connectivity index (χ3v) is 4.46. The molecule has 0 unspecified atom stereocenters. The second-order valence-corrected chi connectivity index (χ2v) is 6.33. The molecule has 0 saturated heterocycles. The van der Waals surface area contributed by atoms with Crippen molar-refractivity contribution in [3.63, 3.8) is 0 Å². The highest BCUT2D eigenvalue weighted by Gasteiger charge is 2.18. The molecule has 29 heavy (non-hydrogen) atoms. The number of amides is 1. The van der Waals surface area contributed by atoms with Crippen molar-refractivity contribution in [2.45, 2.75) is 19.4 Å². The highest BCUT2D eigenvalue weighted by Crippen LogP contribution is 2.27. The quantitative estimate of drug-likeness (QED) is 0.616. The van der Waals surface area contributed by atoms with Gasteiger partial charge in [-0.25, -0.2) is 9.36 Å². The Morgan fingerprint density at radius 1 is 1.17 bits per heavy atom. The van der Waals surface area contributed by atoms with Gasteiger partial charge in [0.15, 0.2) is 17.3 Å². The first-order chi connectivity index (χ1) is 14.0. The molecule has 0 saturated carbocycles. The van der Waals surface area contributed by atoms with Crippen molar-refractivity contribution >= 4 is 5.91 Å². The lowest BCUT2D eigenvalue weighted by molar-refractivity contribution is -0.124. The van der Waals surface area contributed by atoms with Crippen LogP contribution in [0.15, 0.2) is 53.6 Å². The van der Waals surface area contributed by atoms with E-state index in [2.05, 4.69) is 15.5 Å². The molecule has 9 nitrogen and oxygen atoms in total. The van der Waals surface area contributed by atoms with Crippen molar-refractivity contribution in [3.05, 3.63) is 64.7 Å². The smallest absolute Gasteiger partial charge is 0.267 e. The SMILES string of the molecule is COc1ccc(CCNC(=O)[C@@H](C)n2nc(-n3cccn3)ccc2=O)cc1OC. The van der Waals surface area contributed by atoms with Gasteiger partial charge in [-0.1, -0.05) is 6.07 Å². The van der Waals surface area contributed by atoms with Gasteiger partial charge in [-0.3, -0.25) is 9.59 Å². The fraction of sp³-hybridized carbons (Fsp3) is 0.300. The maximum Gasteiger partial charge on any atom is 0.267 e. The summed E-state index contributed by atoms with van der Waals surface area (Å²) in [4.78, 5) is 24.7. The van der Waals surface area contributed by atoms with Crippen LogP contribution in [0.2, 0.25) is 0 Å². The maximum absolute atomic E-state index is 12.5.